The normalized spacial score (nSPS) is 16.6. The lowest BCUT2D eigenvalue weighted by atomic mass is 9.68. The molecule has 2 nitrogen and oxygen atoms in total. The molecule has 2 aromatic rings. The molecule has 0 aliphatic heterocycles. The Labute approximate surface area is 125 Å². The van der Waals surface area contributed by atoms with Crippen molar-refractivity contribution in [3.8, 4) is 17.3 Å². The number of hydrogen-bond acceptors (Lipinski definition) is 3. The molecule has 1 saturated carbocycles. The van der Waals surface area contributed by atoms with Gasteiger partial charge >= 0.3 is 0 Å². The van der Waals surface area contributed by atoms with E-state index in [1.54, 1.807) is 11.3 Å². The van der Waals surface area contributed by atoms with Crippen molar-refractivity contribution >= 4 is 27.3 Å². The molecule has 0 bridgehead atoms. The highest BCUT2D eigenvalue weighted by Gasteiger charge is 2.38. The van der Waals surface area contributed by atoms with E-state index in [1.165, 1.54) is 6.42 Å². The molecule has 1 aromatic carbocycles. The maximum atomic E-state index is 9.27. The van der Waals surface area contributed by atoms with E-state index in [-0.39, 0.29) is 5.41 Å². The third-order valence-electron chi connectivity index (χ3n) is 3.73. The van der Waals surface area contributed by atoms with Gasteiger partial charge in [-0.3, -0.25) is 0 Å². The predicted octanol–water partition coefficient (Wildman–Crippen LogP) is 4.81. The third-order valence-corrected chi connectivity index (χ3v) is 5.11. The third kappa shape index (κ3) is 2.58. The van der Waals surface area contributed by atoms with Crippen LogP contribution in [-0.2, 0) is 6.42 Å². The lowest BCUT2D eigenvalue weighted by Crippen LogP contribution is -2.29. The minimum absolute atomic E-state index is 0.130. The Morgan fingerprint density at radius 1 is 1.32 bits per heavy atom. The molecular weight excluding hydrogens is 320 g/mol. The molecule has 4 heteroatoms. The summed E-state index contributed by atoms with van der Waals surface area (Å²) >= 11 is 5.10. The highest BCUT2D eigenvalue weighted by molar-refractivity contribution is 9.10. The van der Waals surface area contributed by atoms with Crippen LogP contribution in [0.2, 0.25) is 0 Å². The molecule has 3 rings (SSSR count). The first-order valence-electron chi connectivity index (χ1n) is 6.32. The van der Waals surface area contributed by atoms with Crippen molar-refractivity contribution in [2.45, 2.75) is 25.7 Å². The second-order valence-corrected chi connectivity index (χ2v) is 6.91. The molecule has 1 fully saturated rings. The van der Waals surface area contributed by atoms with Crippen LogP contribution < -0.4 is 0 Å². The summed E-state index contributed by atoms with van der Waals surface area (Å²) < 4.78 is 1.07. The van der Waals surface area contributed by atoms with Crippen molar-refractivity contribution in [3.05, 3.63) is 39.1 Å². The fourth-order valence-electron chi connectivity index (χ4n) is 2.37. The van der Waals surface area contributed by atoms with Gasteiger partial charge in [0.25, 0.3) is 0 Å². The monoisotopic (exact) mass is 332 g/mol. The van der Waals surface area contributed by atoms with Gasteiger partial charge in [0.15, 0.2) is 0 Å². The van der Waals surface area contributed by atoms with Crippen LogP contribution in [0.15, 0.2) is 34.1 Å². The van der Waals surface area contributed by atoms with E-state index in [4.69, 9.17) is 0 Å². The maximum Gasteiger partial charge on any atom is 0.0948 e. The van der Waals surface area contributed by atoms with Crippen LogP contribution in [0.5, 0.6) is 0 Å². The highest BCUT2D eigenvalue weighted by Crippen LogP contribution is 2.43. The fourth-order valence-corrected chi connectivity index (χ4v) is 3.58. The molecule has 1 aromatic heterocycles. The second-order valence-electron chi connectivity index (χ2n) is 5.06. The molecule has 0 atom stereocenters. The van der Waals surface area contributed by atoms with Gasteiger partial charge in [-0.2, -0.15) is 5.26 Å². The van der Waals surface area contributed by atoms with E-state index in [1.807, 2.05) is 12.1 Å². The van der Waals surface area contributed by atoms with E-state index in [0.717, 1.165) is 40.0 Å². The van der Waals surface area contributed by atoms with E-state index in [2.05, 4.69) is 44.5 Å². The molecule has 1 aliphatic rings. The van der Waals surface area contributed by atoms with Gasteiger partial charge in [-0.15, -0.1) is 11.3 Å². The van der Waals surface area contributed by atoms with Gasteiger partial charge in [-0.05, 0) is 25.0 Å². The van der Waals surface area contributed by atoms with E-state index in [0.29, 0.717) is 0 Å². The summed E-state index contributed by atoms with van der Waals surface area (Å²) in [4.78, 5) is 4.68. The Balaban J connectivity index is 1.80. The van der Waals surface area contributed by atoms with Gasteiger partial charge in [0.1, 0.15) is 0 Å². The van der Waals surface area contributed by atoms with Gasteiger partial charge in [0.2, 0.25) is 0 Å². The number of benzene rings is 1. The zero-order valence-electron chi connectivity index (χ0n) is 10.4. The van der Waals surface area contributed by atoms with Crippen molar-refractivity contribution in [1.82, 2.24) is 4.98 Å². The zero-order valence-corrected chi connectivity index (χ0v) is 12.8. The average Bonchev–Trinajstić information content (AvgIpc) is 2.83. The van der Waals surface area contributed by atoms with E-state index in [9.17, 15) is 5.26 Å². The minimum Gasteiger partial charge on any atom is -0.241 e. The van der Waals surface area contributed by atoms with Crippen LogP contribution in [0.1, 0.15) is 24.3 Å². The van der Waals surface area contributed by atoms with E-state index < -0.39 is 0 Å². The number of rotatable bonds is 3. The van der Waals surface area contributed by atoms with Crippen LogP contribution >= 0.6 is 27.3 Å². The smallest absolute Gasteiger partial charge is 0.0948 e. The number of thiazole rings is 1. The van der Waals surface area contributed by atoms with Gasteiger partial charge in [0, 0.05) is 21.8 Å². The lowest BCUT2D eigenvalue weighted by Gasteiger charge is -2.34. The van der Waals surface area contributed by atoms with Gasteiger partial charge < -0.3 is 0 Å². The number of aromatic nitrogens is 1. The summed E-state index contributed by atoms with van der Waals surface area (Å²) in [6.45, 7) is 0. The van der Waals surface area contributed by atoms with Crippen LogP contribution in [0, 0.1) is 16.7 Å². The van der Waals surface area contributed by atoms with Crippen molar-refractivity contribution < 1.29 is 0 Å². The van der Waals surface area contributed by atoms with Crippen molar-refractivity contribution in [2.75, 3.05) is 0 Å². The Hall–Kier alpha value is -1.18. The molecule has 1 aliphatic carbocycles. The largest absolute Gasteiger partial charge is 0.241 e. The molecule has 19 heavy (non-hydrogen) atoms. The standard InChI is InChI=1S/C15H13BrN2S/c16-12-4-2-11(3-5-12)13-9-19-14(18-13)8-15(10-17)6-1-7-15/h2-5,9H,1,6-8H2. The topological polar surface area (TPSA) is 36.7 Å². The summed E-state index contributed by atoms with van der Waals surface area (Å²) in [6, 6.07) is 10.7. The Morgan fingerprint density at radius 3 is 2.63 bits per heavy atom. The predicted molar refractivity (Wildman–Crippen MR) is 80.9 cm³/mol. The van der Waals surface area contributed by atoms with Crippen LogP contribution in [0.4, 0.5) is 0 Å². The molecule has 0 saturated heterocycles. The Kier molecular flexibility index (Phi) is 3.42. The highest BCUT2D eigenvalue weighted by atomic mass is 79.9. The number of nitrogens with zero attached hydrogens (tertiary/aromatic N) is 2. The number of nitriles is 1. The quantitative estimate of drug-likeness (QED) is 0.808. The molecule has 96 valence electrons. The average molecular weight is 333 g/mol. The SMILES string of the molecule is N#CC1(Cc2nc(-c3ccc(Br)cc3)cs2)CCC1. The molecule has 0 amide bonds. The number of hydrogen-bond donors (Lipinski definition) is 0. The minimum atomic E-state index is -0.130. The summed E-state index contributed by atoms with van der Waals surface area (Å²) in [5, 5.41) is 12.4. The van der Waals surface area contributed by atoms with Gasteiger partial charge in [0.05, 0.1) is 22.2 Å². The molecular formula is C15H13BrN2S. The second kappa shape index (κ2) is 5.07. The van der Waals surface area contributed by atoms with Crippen molar-refractivity contribution in [3.63, 3.8) is 0 Å². The van der Waals surface area contributed by atoms with E-state index >= 15 is 0 Å². The van der Waals surface area contributed by atoms with Crippen LogP contribution in [0.25, 0.3) is 11.3 Å². The van der Waals surface area contributed by atoms with Crippen molar-refractivity contribution in [2.24, 2.45) is 5.41 Å². The molecule has 0 spiro atoms. The summed E-state index contributed by atoms with van der Waals surface area (Å²) in [7, 11) is 0. The summed E-state index contributed by atoms with van der Waals surface area (Å²) in [5.41, 5.74) is 2.01. The Bertz CT molecular complexity index is 620. The molecule has 1 heterocycles. The van der Waals surface area contributed by atoms with Gasteiger partial charge in [-0.1, -0.05) is 34.5 Å². The molecule has 0 unspecified atom stereocenters. The summed E-state index contributed by atoms with van der Waals surface area (Å²) in [6.07, 6.45) is 4.04. The molecule has 0 N–H and O–H groups in total. The lowest BCUT2D eigenvalue weighted by molar-refractivity contribution is 0.214. The first-order chi connectivity index (χ1) is 9.21. The van der Waals surface area contributed by atoms with Gasteiger partial charge in [-0.25, -0.2) is 4.98 Å². The summed E-state index contributed by atoms with van der Waals surface area (Å²) in [5.74, 6) is 0. The van der Waals surface area contributed by atoms with Crippen molar-refractivity contribution in [1.29, 1.82) is 5.26 Å². The first kappa shape index (κ1) is 12.8. The van der Waals surface area contributed by atoms with Crippen LogP contribution in [-0.4, -0.2) is 4.98 Å². The molecule has 0 radical (unpaired) electrons. The first-order valence-corrected chi connectivity index (χ1v) is 8.00. The maximum absolute atomic E-state index is 9.27. The fraction of sp³-hybridized carbons (Fsp3) is 0.333. The Morgan fingerprint density at radius 2 is 2.05 bits per heavy atom. The van der Waals surface area contributed by atoms with Crippen LogP contribution in [0.3, 0.4) is 0 Å². The number of halogens is 1. The zero-order chi connectivity index (χ0) is 13.3.